The molecule has 4 nitrogen and oxygen atoms in total. The molecule has 0 aliphatic carbocycles. The van der Waals surface area contributed by atoms with Crippen molar-refractivity contribution in [1.82, 2.24) is 0 Å². The standard InChI is InChI=1S/C18H11ClF2O2.C18H9ClO2/c19-10-5-6-18(23)14(7-10)13-9-15(20)12(8-16(13)21)11-3-1-2-4-17(11)22;19-10-5-6-16-12(7-10)14-9-17-13(8-18(14)21-16)11-3-1-2-4-15(11)20-17/h1-9,22-23H;1-9H. The van der Waals surface area contributed by atoms with Gasteiger partial charge in [-0.15, -0.1) is 0 Å². The summed E-state index contributed by atoms with van der Waals surface area (Å²) < 4.78 is 40.7. The van der Waals surface area contributed by atoms with Crippen molar-refractivity contribution >= 4 is 67.1 Å². The highest BCUT2D eigenvalue weighted by Crippen LogP contribution is 2.39. The van der Waals surface area contributed by atoms with E-state index >= 15 is 0 Å². The summed E-state index contributed by atoms with van der Waals surface area (Å²) in [5, 5.41) is 24.9. The molecule has 8 heteroatoms. The molecule has 0 radical (unpaired) electrons. The number of halogens is 4. The van der Waals surface area contributed by atoms with E-state index in [1.54, 1.807) is 12.1 Å². The minimum absolute atomic E-state index is 0.0640. The van der Waals surface area contributed by atoms with Gasteiger partial charge in [0.2, 0.25) is 0 Å². The highest BCUT2D eigenvalue weighted by Gasteiger charge is 2.17. The fourth-order valence-corrected chi connectivity index (χ4v) is 5.70. The molecule has 0 aliphatic heterocycles. The maximum Gasteiger partial charge on any atom is 0.136 e. The molecule has 0 spiro atoms. The van der Waals surface area contributed by atoms with Crippen molar-refractivity contribution in [3.8, 4) is 33.8 Å². The van der Waals surface area contributed by atoms with Gasteiger partial charge in [-0.3, -0.25) is 0 Å². The van der Waals surface area contributed by atoms with Gasteiger partial charge in [-0.05, 0) is 72.8 Å². The fourth-order valence-electron chi connectivity index (χ4n) is 5.35. The lowest BCUT2D eigenvalue weighted by Gasteiger charge is -2.11. The Bertz CT molecular complexity index is 2380. The minimum Gasteiger partial charge on any atom is -0.507 e. The van der Waals surface area contributed by atoms with Gasteiger partial charge in [0.15, 0.2) is 0 Å². The molecule has 8 aromatic rings. The quantitative estimate of drug-likeness (QED) is 0.201. The third-order valence-electron chi connectivity index (χ3n) is 7.43. The molecule has 0 saturated heterocycles. The van der Waals surface area contributed by atoms with E-state index in [9.17, 15) is 19.0 Å². The van der Waals surface area contributed by atoms with E-state index in [0.29, 0.717) is 10.0 Å². The number of phenolic OH excluding ortho intramolecular Hbond substituents is 2. The molecule has 0 amide bonds. The van der Waals surface area contributed by atoms with Crippen LogP contribution in [0.1, 0.15) is 0 Å². The van der Waals surface area contributed by atoms with E-state index in [1.165, 1.54) is 30.3 Å². The number of aromatic hydroxyl groups is 2. The smallest absolute Gasteiger partial charge is 0.136 e. The van der Waals surface area contributed by atoms with Crippen molar-refractivity contribution in [2.45, 2.75) is 0 Å². The number of rotatable bonds is 2. The summed E-state index contributed by atoms with van der Waals surface area (Å²) in [5.41, 5.74) is 3.56. The first-order valence-electron chi connectivity index (χ1n) is 13.5. The maximum atomic E-state index is 14.4. The zero-order chi connectivity index (χ0) is 30.5. The Hall–Kier alpha value is -5.04. The molecule has 0 fully saturated rings. The van der Waals surface area contributed by atoms with Crippen LogP contribution in [0.15, 0.2) is 118 Å². The Morgan fingerprint density at radius 3 is 1.68 bits per heavy atom. The molecular formula is C36H20Cl2F2O4. The second kappa shape index (κ2) is 10.9. The van der Waals surface area contributed by atoms with Crippen molar-refractivity contribution in [1.29, 1.82) is 0 Å². The second-order valence-electron chi connectivity index (χ2n) is 10.2. The van der Waals surface area contributed by atoms with Gasteiger partial charge in [-0.1, -0.05) is 59.6 Å². The van der Waals surface area contributed by atoms with Gasteiger partial charge in [-0.25, -0.2) is 8.78 Å². The zero-order valence-electron chi connectivity index (χ0n) is 22.6. The molecule has 0 bridgehead atoms. The molecule has 216 valence electrons. The van der Waals surface area contributed by atoms with Crippen LogP contribution in [-0.4, -0.2) is 10.2 Å². The fraction of sp³-hybridized carbons (Fsp3) is 0. The number of phenols is 2. The average molecular weight is 625 g/mol. The third kappa shape index (κ3) is 4.88. The molecule has 8 rings (SSSR count). The van der Waals surface area contributed by atoms with E-state index in [-0.39, 0.29) is 33.8 Å². The SMILES string of the molecule is Clc1ccc2oc3cc4c(cc3c2c1)oc1ccccc14.Oc1ccccc1-c1cc(F)c(-c2cc(Cl)ccc2O)cc1F. The van der Waals surface area contributed by atoms with Crippen molar-refractivity contribution in [2.75, 3.05) is 0 Å². The molecule has 0 saturated carbocycles. The van der Waals surface area contributed by atoms with Crippen LogP contribution in [-0.2, 0) is 0 Å². The summed E-state index contributed by atoms with van der Waals surface area (Å²) in [6.07, 6.45) is 0. The van der Waals surface area contributed by atoms with Gasteiger partial charge in [-0.2, -0.15) is 0 Å². The summed E-state index contributed by atoms with van der Waals surface area (Å²) >= 11 is 11.9. The lowest BCUT2D eigenvalue weighted by molar-refractivity contribution is 0.475. The molecule has 6 aromatic carbocycles. The average Bonchev–Trinajstić information content (AvgIpc) is 3.56. The third-order valence-corrected chi connectivity index (χ3v) is 7.90. The van der Waals surface area contributed by atoms with Crippen LogP contribution < -0.4 is 0 Å². The maximum absolute atomic E-state index is 14.4. The topological polar surface area (TPSA) is 66.7 Å². The Balaban J connectivity index is 0.000000142. The van der Waals surface area contributed by atoms with Crippen molar-refractivity contribution in [2.24, 2.45) is 0 Å². The van der Waals surface area contributed by atoms with Gasteiger partial charge < -0.3 is 19.0 Å². The highest BCUT2D eigenvalue weighted by atomic mass is 35.5. The summed E-state index contributed by atoms with van der Waals surface area (Å²) in [5.74, 6) is -1.81. The molecule has 0 unspecified atom stereocenters. The first kappa shape index (κ1) is 27.8. The number of hydrogen-bond acceptors (Lipinski definition) is 4. The molecular weight excluding hydrogens is 605 g/mol. The van der Waals surface area contributed by atoms with Gasteiger partial charge in [0.1, 0.15) is 45.5 Å². The highest BCUT2D eigenvalue weighted by molar-refractivity contribution is 6.32. The van der Waals surface area contributed by atoms with Crippen LogP contribution in [0.5, 0.6) is 11.5 Å². The van der Waals surface area contributed by atoms with Gasteiger partial charge in [0.05, 0.1) is 0 Å². The summed E-state index contributed by atoms with van der Waals surface area (Å²) in [6.45, 7) is 0. The molecule has 44 heavy (non-hydrogen) atoms. The minimum atomic E-state index is -0.734. The molecule has 2 aromatic heterocycles. The Morgan fingerprint density at radius 1 is 0.432 bits per heavy atom. The Labute approximate surface area is 258 Å². The largest absolute Gasteiger partial charge is 0.507 e. The summed E-state index contributed by atoms with van der Waals surface area (Å²) in [6, 6.07) is 29.9. The van der Waals surface area contributed by atoms with Gasteiger partial charge in [0.25, 0.3) is 0 Å². The second-order valence-corrected chi connectivity index (χ2v) is 11.0. The monoisotopic (exact) mass is 624 g/mol. The van der Waals surface area contributed by atoms with Crippen molar-refractivity contribution < 1.29 is 27.8 Å². The van der Waals surface area contributed by atoms with Crippen LogP contribution >= 0.6 is 23.2 Å². The van der Waals surface area contributed by atoms with Crippen molar-refractivity contribution in [3.05, 3.63) is 131 Å². The number of fused-ring (bicyclic) bond motifs is 6. The molecule has 0 atom stereocenters. The van der Waals surface area contributed by atoms with Crippen LogP contribution in [0.25, 0.3) is 66.1 Å². The number of hydrogen-bond donors (Lipinski definition) is 2. The van der Waals surface area contributed by atoms with Crippen LogP contribution in [0.4, 0.5) is 8.78 Å². The molecule has 2 heterocycles. The van der Waals surface area contributed by atoms with Crippen molar-refractivity contribution in [3.63, 3.8) is 0 Å². The summed E-state index contributed by atoms with van der Waals surface area (Å²) in [4.78, 5) is 0. The lowest BCUT2D eigenvalue weighted by Crippen LogP contribution is -1.92. The van der Waals surface area contributed by atoms with Crippen LogP contribution in [0.3, 0.4) is 0 Å². The van der Waals surface area contributed by atoms with Gasteiger partial charge >= 0.3 is 0 Å². The Kier molecular flexibility index (Phi) is 6.88. The first-order valence-corrected chi connectivity index (χ1v) is 14.2. The number of para-hydroxylation sites is 2. The molecule has 2 N–H and O–H groups in total. The normalized spacial score (nSPS) is 11.4. The lowest BCUT2D eigenvalue weighted by atomic mass is 9.98. The summed E-state index contributed by atoms with van der Waals surface area (Å²) in [7, 11) is 0. The van der Waals surface area contributed by atoms with Gasteiger partial charge in [0, 0.05) is 53.8 Å². The first-order chi connectivity index (χ1) is 21.3. The molecule has 0 aliphatic rings. The van der Waals surface area contributed by atoms with Crippen LogP contribution in [0, 0.1) is 11.6 Å². The van der Waals surface area contributed by atoms with E-state index in [4.69, 9.17) is 32.0 Å². The van der Waals surface area contributed by atoms with E-state index < -0.39 is 11.6 Å². The zero-order valence-corrected chi connectivity index (χ0v) is 24.1. The number of furan rings is 2. The van der Waals surface area contributed by atoms with E-state index in [0.717, 1.165) is 56.0 Å². The predicted molar refractivity (Wildman–Crippen MR) is 172 cm³/mol. The Morgan fingerprint density at radius 2 is 0.955 bits per heavy atom. The van der Waals surface area contributed by atoms with Crippen LogP contribution in [0.2, 0.25) is 10.0 Å². The number of benzene rings is 6. The van der Waals surface area contributed by atoms with E-state index in [2.05, 4.69) is 6.07 Å². The predicted octanol–water partition coefficient (Wildman–Crippen LogP) is 11.5. The van der Waals surface area contributed by atoms with E-state index in [1.807, 2.05) is 48.5 Å².